The maximum Gasteiger partial charge on any atom is 0.0239 e. The zero-order valence-electron chi connectivity index (χ0n) is 9.16. The van der Waals surface area contributed by atoms with Crippen molar-refractivity contribution in [3.8, 4) is 0 Å². The van der Waals surface area contributed by atoms with Crippen molar-refractivity contribution in [1.82, 2.24) is 4.90 Å². The molecule has 0 saturated heterocycles. The minimum atomic E-state index is 0.725. The molecule has 14 heavy (non-hydrogen) atoms. The van der Waals surface area contributed by atoms with Crippen LogP contribution in [0.4, 0.5) is 0 Å². The zero-order chi connectivity index (χ0) is 9.97. The summed E-state index contributed by atoms with van der Waals surface area (Å²) in [4.78, 5) is 2.59. The van der Waals surface area contributed by atoms with E-state index in [4.69, 9.17) is 0 Å². The van der Waals surface area contributed by atoms with Crippen LogP contribution in [0, 0.1) is 0 Å². The first kappa shape index (κ1) is 9.72. The molecule has 0 spiro atoms. The fourth-order valence-corrected chi connectivity index (χ4v) is 2.15. The Kier molecular flexibility index (Phi) is 2.87. The van der Waals surface area contributed by atoms with E-state index in [0.717, 1.165) is 12.6 Å². The van der Waals surface area contributed by atoms with Crippen molar-refractivity contribution < 1.29 is 0 Å². The van der Waals surface area contributed by atoms with Crippen LogP contribution >= 0.6 is 0 Å². The van der Waals surface area contributed by atoms with Crippen LogP contribution < -0.4 is 0 Å². The van der Waals surface area contributed by atoms with Gasteiger partial charge in [-0.1, -0.05) is 31.2 Å². The van der Waals surface area contributed by atoms with Gasteiger partial charge < -0.3 is 0 Å². The van der Waals surface area contributed by atoms with Gasteiger partial charge >= 0.3 is 0 Å². The molecular weight excluding hydrogens is 170 g/mol. The van der Waals surface area contributed by atoms with Crippen molar-refractivity contribution in [2.24, 2.45) is 0 Å². The molecule has 0 amide bonds. The number of fused-ring (bicyclic) bond motifs is 1. The van der Waals surface area contributed by atoms with E-state index in [0.29, 0.717) is 0 Å². The molecule has 1 heterocycles. The Balaban J connectivity index is 2.13. The second-order valence-corrected chi connectivity index (χ2v) is 4.25. The first-order valence-electron chi connectivity index (χ1n) is 5.62. The molecule has 0 aromatic heterocycles. The van der Waals surface area contributed by atoms with Gasteiger partial charge in [0.25, 0.3) is 0 Å². The van der Waals surface area contributed by atoms with Crippen LogP contribution in [0.2, 0.25) is 0 Å². The molecule has 1 aliphatic rings. The van der Waals surface area contributed by atoms with Gasteiger partial charge in [0.15, 0.2) is 0 Å². The molecule has 1 nitrogen and oxygen atoms in total. The van der Waals surface area contributed by atoms with E-state index in [-0.39, 0.29) is 0 Å². The quantitative estimate of drug-likeness (QED) is 0.691. The Morgan fingerprint density at radius 1 is 1.29 bits per heavy atom. The van der Waals surface area contributed by atoms with Crippen molar-refractivity contribution >= 4 is 0 Å². The lowest BCUT2D eigenvalue weighted by molar-refractivity contribution is 0.186. The van der Waals surface area contributed by atoms with E-state index >= 15 is 0 Å². The van der Waals surface area contributed by atoms with E-state index in [9.17, 15) is 0 Å². The maximum absolute atomic E-state index is 2.59. The summed E-state index contributed by atoms with van der Waals surface area (Å²) in [6.45, 7) is 6.97. The molecule has 1 aromatic carbocycles. The number of hydrogen-bond donors (Lipinski definition) is 0. The fraction of sp³-hybridized carbons (Fsp3) is 0.538. The van der Waals surface area contributed by atoms with Crippen LogP contribution in [0.3, 0.4) is 0 Å². The summed E-state index contributed by atoms with van der Waals surface area (Å²) >= 11 is 0. The topological polar surface area (TPSA) is 3.24 Å². The van der Waals surface area contributed by atoms with Crippen molar-refractivity contribution in [2.75, 3.05) is 6.54 Å². The lowest BCUT2D eigenvalue weighted by Gasteiger charge is -2.33. The zero-order valence-corrected chi connectivity index (χ0v) is 9.16. The Morgan fingerprint density at radius 2 is 2.00 bits per heavy atom. The standard InChI is InChI=1S/C13H19N/c1-3-11(2)14-9-8-12-6-4-5-7-13(12)10-14/h4-7,11H,3,8-10H2,1-2H3. The number of benzene rings is 1. The summed E-state index contributed by atoms with van der Waals surface area (Å²) < 4.78 is 0. The second-order valence-electron chi connectivity index (χ2n) is 4.25. The predicted octanol–water partition coefficient (Wildman–Crippen LogP) is 2.84. The number of hydrogen-bond acceptors (Lipinski definition) is 1. The van der Waals surface area contributed by atoms with Crippen LogP contribution in [0.1, 0.15) is 31.4 Å². The molecule has 1 atom stereocenters. The monoisotopic (exact) mass is 189 g/mol. The summed E-state index contributed by atoms with van der Waals surface area (Å²) in [5.74, 6) is 0. The summed E-state index contributed by atoms with van der Waals surface area (Å²) in [5, 5.41) is 0. The highest BCUT2D eigenvalue weighted by atomic mass is 15.1. The molecular formula is C13H19N. The summed E-state index contributed by atoms with van der Waals surface area (Å²) in [5.41, 5.74) is 3.08. The molecule has 0 bridgehead atoms. The van der Waals surface area contributed by atoms with Crippen molar-refractivity contribution in [3.05, 3.63) is 35.4 Å². The van der Waals surface area contributed by atoms with Gasteiger partial charge in [0.1, 0.15) is 0 Å². The molecule has 1 heteroatoms. The third-order valence-corrected chi connectivity index (χ3v) is 3.37. The highest BCUT2D eigenvalue weighted by Crippen LogP contribution is 2.20. The van der Waals surface area contributed by atoms with Gasteiger partial charge in [0.05, 0.1) is 0 Å². The predicted molar refractivity (Wildman–Crippen MR) is 60.3 cm³/mol. The lowest BCUT2D eigenvalue weighted by Crippen LogP contribution is -2.37. The van der Waals surface area contributed by atoms with Crippen LogP contribution in [-0.2, 0) is 13.0 Å². The number of nitrogens with zero attached hydrogens (tertiary/aromatic N) is 1. The second kappa shape index (κ2) is 4.14. The van der Waals surface area contributed by atoms with Crippen molar-refractivity contribution in [1.29, 1.82) is 0 Å². The van der Waals surface area contributed by atoms with Gasteiger partial charge in [-0.3, -0.25) is 4.90 Å². The first-order valence-corrected chi connectivity index (χ1v) is 5.62. The van der Waals surface area contributed by atoms with Gasteiger partial charge in [0, 0.05) is 19.1 Å². The third kappa shape index (κ3) is 1.83. The summed E-state index contributed by atoms with van der Waals surface area (Å²) in [7, 11) is 0. The van der Waals surface area contributed by atoms with E-state index in [1.807, 2.05) is 0 Å². The van der Waals surface area contributed by atoms with Gasteiger partial charge in [-0.2, -0.15) is 0 Å². The molecule has 2 rings (SSSR count). The van der Waals surface area contributed by atoms with Gasteiger partial charge in [-0.05, 0) is 30.9 Å². The van der Waals surface area contributed by atoms with E-state index in [1.54, 1.807) is 5.56 Å². The van der Waals surface area contributed by atoms with Gasteiger partial charge in [0.2, 0.25) is 0 Å². The average molecular weight is 189 g/mol. The number of rotatable bonds is 2. The Labute approximate surface area is 86.7 Å². The Bertz CT molecular complexity index is 306. The van der Waals surface area contributed by atoms with Crippen molar-refractivity contribution in [3.63, 3.8) is 0 Å². The third-order valence-electron chi connectivity index (χ3n) is 3.37. The van der Waals surface area contributed by atoms with Crippen molar-refractivity contribution in [2.45, 2.75) is 39.3 Å². The normalized spacial score (nSPS) is 19.0. The SMILES string of the molecule is CCC(C)N1CCc2ccccc2C1. The minimum absolute atomic E-state index is 0.725. The summed E-state index contributed by atoms with van der Waals surface area (Å²) in [6, 6.07) is 9.56. The van der Waals surface area contributed by atoms with Gasteiger partial charge in [-0.25, -0.2) is 0 Å². The largest absolute Gasteiger partial charge is 0.296 e. The van der Waals surface area contributed by atoms with E-state index in [2.05, 4.69) is 43.0 Å². The van der Waals surface area contributed by atoms with Crippen LogP contribution in [0.15, 0.2) is 24.3 Å². The molecule has 0 fully saturated rings. The maximum atomic E-state index is 2.59. The van der Waals surface area contributed by atoms with Crippen LogP contribution in [0.25, 0.3) is 0 Å². The molecule has 0 aliphatic carbocycles. The average Bonchev–Trinajstić information content (AvgIpc) is 2.27. The fourth-order valence-electron chi connectivity index (χ4n) is 2.15. The molecule has 0 radical (unpaired) electrons. The molecule has 1 unspecified atom stereocenters. The Morgan fingerprint density at radius 3 is 2.71 bits per heavy atom. The van der Waals surface area contributed by atoms with Gasteiger partial charge in [-0.15, -0.1) is 0 Å². The van der Waals surface area contributed by atoms with Crippen LogP contribution in [0.5, 0.6) is 0 Å². The highest BCUT2D eigenvalue weighted by molar-refractivity contribution is 5.29. The van der Waals surface area contributed by atoms with E-state index in [1.165, 1.54) is 24.9 Å². The van der Waals surface area contributed by atoms with Crippen LogP contribution in [-0.4, -0.2) is 17.5 Å². The molecule has 0 saturated carbocycles. The molecule has 0 N–H and O–H groups in total. The highest BCUT2D eigenvalue weighted by Gasteiger charge is 2.18. The van der Waals surface area contributed by atoms with E-state index < -0.39 is 0 Å². The molecule has 1 aliphatic heterocycles. The summed E-state index contributed by atoms with van der Waals surface area (Å²) in [6.07, 6.45) is 2.47. The lowest BCUT2D eigenvalue weighted by atomic mass is 9.98. The Hall–Kier alpha value is -0.820. The smallest absolute Gasteiger partial charge is 0.0239 e. The molecule has 1 aromatic rings. The molecule has 76 valence electrons. The first-order chi connectivity index (χ1) is 6.81. The minimum Gasteiger partial charge on any atom is -0.296 e.